The first-order chi connectivity index (χ1) is 22.4. The van der Waals surface area contributed by atoms with Crippen molar-refractivity contribution in [2.45, 2.75) is 53.4 Å². The van der Waals surface area contributed by atoms with Crippen molar-refractivity contribution in [3.63, 3.8) is 0 Å². The van der Waals surface area contributed by atoms with Crippen molar-refractivity contribution in [2.75, 3.05) is 0 Å². The molecule has 0 atom stereocenters. The second-order valence-corrected chi connectivity index (χ2v) is 7.07. The van der Waals surface area contributed by atoms with Gasteiger partial charge >= 0.3 is 0 Å². The molecule has 0 aliphatic rings. The minimum Gasteiger partial charge on any atom is -0.256 e. The van der Waals surface area contributed by atoms with E-state index in [0.717, 1.165) is 48.3 Å². The Morgan fingerprint density at radius 1 is 0.457 bits per heavy atom. The van der Waals surface area contributed by atoms with Crippen LogP contribution in [-0.4, -0.2) is 9.97 Å². The normalized spacial score (nSPS) is 7.00. The highest BCUT2D eigenvalue weighted by atomic mass is 128. The number of nitrogens with zero attached hydrogens (tertiary/aromatic N) is 2. The minimum atomic E-state index is 0.886. The van der Waals surface area contributed by atoms with Crippen LogP contribution in [0, 0.1) is 0 Å². The van der Waals surface area contributed by atoms with Gasteiger partial charge in [0.05, 0.1) is 17.1 Å². The third-order valence-electron chi connectivity index (χ3n) is 3.80. The molecule has 2 heterocycles. The van der Waals surface area contributed by atoms with Crippen LogP contribution in [0.4, 0.5) is 0 Å². The van der Waals surface area contributed by atoms with Crippen LogP contribution in [0.3, 0.4) is 0 Å². The molecule has 0 unspecified atom stereocenters. The maximum Gasteiger partial charge on any atom is 0.0631 e. The largest absolute Gasteiger partial charge is 0.256 e. The summed E-state index contributed by atoms with van der Waals surface area (Å²) < 4.78 is 0. The summed E-state index contributed by atoms with van der Waals surface area (Å²) in [5.74, 6) is 0. The van der Waals surface area contributed by atoms with Crippen LogP contribution in [0.15, 0.2) is 164 Å². The van der Waals surface area contributed by atoms with Gasteiger partial charge < -0.3 is 0 Å². The van der Waals surface area contributed by atoms with Gasteiger partial charge in [-0.3, -0.25) is 4.98 Å². The zero-order chi connectivity index (χ0) is 37.3. The number of hydrogen-bond acceptors (Lipinski definition) is 2. The van der Waals surface area contributed by atoms with Crippen molar-refractivity contribution in [1.82, 2.24) is 9.97 Å². The van der Waals surface area contributed by atoms with Crippen molar-refractivity contribution < 1.29 is 0 Å². The molecule has 0 aliphatic heterocycles. The molecule has 0 spiro atoms. The molecule has 0 amide bonds. The van der Waals surface area contributed by atoms with E-state index in [-0.39, 0.29) is 0 Å². The van der Waals surface area contributed by atoms with Gasteiger partial charge in [0, 0.05) is 43.4 Å². The SMILES string of the molecule is C=CCC=C.C=CCC=C.C=CCC=C.C=CCC=C.C=Cc1ccc(C=C)nc1.C=Cc1cccc(C=C)n1.CC.CC.II. The summed E-state index contributed by atoms with van der Waals surface area (Å²) in [4.78, 5) is 8.25. The van der Waals surface area contributed by atoms with Gasteiger partial charge in [-0.1, -0.05) is 121 Å². The average molecular weight is 849 g/mol. The van der Waals surface area contributed by atoms with E-state index in [1.54, 1.807) is 30.5 Å². The number of rotatable bonds is 12. The molecular weight excluding hydrogens is 786 g/mol. The Kier molecular flexibility index (Phi) is 81.7. The first kappa shape index (κ1) is 58.2. The lowest BCUT2D eigenvalue weighted by Crippen LogP contribution is -1.82. The Morgan fingerprint density at radius 2 is 0.761 bits per heavy atom. The van der Waals surface area contributed by atoms with Crippen LogP contribution in [0.1, 0.15) is 76.0 Å². The van der Waals surface area contributed by atoms with Gasteiger partial charge in [0.2, 0.25) is 0 Å². The van der Waals surface area contributed by atoms with Crippen LogP contribution >= 0.6 is 37.2 Å². The van der Waals surface area contributed by atoms with E-state index in [9.17, 15) is 0 Å². The van der Waals surface area contributed by atoms with Crippen molar-refractivity contribution in [3.05, 3.63) is 187 Å². The van der Waals surface area contributed by atoms with E-state index in [2.05, 4.69) is 126 Å². The van der Waals surface area contributed by atoms with Gasteiger partial charge in [0.25, 0.3) is 0 Å². The van der Waals surface area contributed by atoms with Gasteiger partial charge in [-0.15, -0.1) is 52.6 Å². The third-order valence-corrected chi connectivity index (χ3v) is 3.80. The smallest absolute Gasteiger partial charge is 0.0631 e. The second kappa shape index (κ2) is 64.6. The number of halogens is 2. The Hall–Kier alpha value is -3.36. The van der Waals surface area contributed by atoms with Crippen LogP contribution in [0.2, 0.25) is 0 Å². The molecule has 0 bridgehead atoms. The van der Waals surface area contributed by atoms with Gasteiger partial charge in [-0.25, -0.2) is 4.98 Å². The van der Waals surface area contributed by atoms with Crippen LogP contribution in [0.5, 0.6) is 0 Å². The summed E-state index contributed by atoms with van der Waals surface area (Å²) in [5.41, 5.74) is 3.70. The van der Waals surface area contributed by atoms with Crippen LogP contribution < -0.4 is 0 Å². The molecule has 0 aromatic carbocycles. The average Bonchev–Trinajstić information content (AvgIpc) is 3.13. The number of aromatic nitrogens is 2. The van der Waals surface area contributed by atoms with Gasteiger partial charge in [-0.2, -0.15) is 0 Å². The first-order valence-electron chi connectivity index (χ1n) is 14.8. The molecule has 4 heteroatoms. The van der Waals surface area contributed by atoms with Gasteiger partial charge in [0.1, 0.15) is 0 Å². The van der Waals surface area contributed by atoms with E-state index in [4.69, 9.17) is 0 Å². The van der Waals surface area contributed by atoms with Crippen molar-refractivity contribution >= 4 is 61.5 Å². The molecule has 0 N–H and O–H groups in total. The Bertz CT molecular complexity index is 886. The predicted molar refractivity (Wildman–Crippen MR) is 240 cm³/mol. The molecule has 2 aromatic heterocycles. The lowest BCUT2D eigenvalue weighted by Gasteiger charge is -1.92. The molecule has 0 aliphatic carbocycles. The van der Waals surface area contributed by atoms with Crippen LogP contribution in [0.25, 0.3) is 24.3 Å². The van der Waals surface area contributed by atoms with E-state index in [1.165, 1.54) is 0 Å². The number of allylic oxidation sites excluding steroid dienone is 8. The molecule has 0 radical (unpaired) electrons. The van der Waals surface area contributed by atoms with Gasteiger partial charge in [0.15, 0.2) is 0 Å². The molecule has 2 rings (SSSR count). The second-order valence-electron chi connectivity index (χ2n) is 7.07. The van der Waals surface area contributed by atoms with E-state index < -0.39 is 0 Å². The molecule has 254 valence electrons. The Labute approximate surface area is 309 Å². The maximum absolute atomic E-state index is 4.17. The zero-order valence-electron chi connectivity index (χ0n) is 29.4. The summed E-state index contributed by atoms with van der Waals surface area (Å²) in [5, 5.41) is 0. The first-order valence-corrected chi connectivity index (χ1v) is 21.1. The Morgan fingerprint density at radius 3 is 0.935 bits per heavy atom. The van der Waals surface area contributed by atoms with E-state index >= 15 is 0 Å². The number of pyridine rings is 2. The summed E-state index contributed by atoms with van der Waals surface area (Å²) in [7, 11) is 0. The summed E-state index contributed by atoms with van der Waals surface area (Å²) in [6.45, 7) is 50.3. The molecule has 2 aromatic rings. The predicted octanol–water partition coefficient (Wildman–Crippen LogP) is 15.6. The summed E-state index contributed by atoms with van der Waals surface area (Å²) in [6.07, 6.45) is 26.8. The standard InChI is InChI=1S/2C9H9N.4C5H8.2C2H6.I2/c1-3-8-5-6-9(4-2)10-7-8;1-3-8-6-5-7-9(4-2)10-8;4*1-3-5-4-2;3*1-2/h2*3-7H,1-2H2;4*3-4H,1-2,5H2;2*1-2H3;. The highest BCUT2D eigenvalue weighted by Gasteiger charge is 1.87. The fourth-order valence-corrected chi connectivity index (χ4v) is 1.83. The molecule has 46 heavy (non-hydrogen) atoms. The van der Waals surface area contributed by atoms with Crippen molar-refractivity contribution in [2.24, 2.45) is 0 Å². The highest BCUT2D eigenvalue weighted by molar-refractivity contribution is 15.0. The lowest BCUT2D eigenvalue weighted by atomic mass is 10.2. The fraction of sp³-hybridized carbons (Fsp3) is 0.190. The summed E-state index contributed by atoms with van der Waals surface area (Å²) in [6, 6.07) is 9.60. The number of hydrogen-bond donors (Lipinski definition) is 0. The van der Waals surface area contributed by atoms with Crippen molar-refractivity contribution in [3.8, 4) is 0 Å². The van der Waals surface area contributed by atoms with E-state index in [1.807, 2.05) is 107 Å². The Balaban J connectivity index is -0.0000000791. The van der Waals surface area contributed by atoms with Gasteiger partial charge in [-0.05, 0) is 67.7 Å². The topological polar surface area (TPSA) is 25.8 Å². The lowest BCUT2D eigenvalue weighted by molar-refractivity contribution is 1.27. The quantitative estimate of drug-likeness (QED) is 0.157. The minimum absolute atomic E-state index is 0.886. The fourth-order valence-electron chi connectivity index (χ4n) is 1.83. The monoisotopic (exact) mass is 848 g/mol. The van der Waals surface area contributed by atoms with E-state index in [0.29, 0.717) is 0 Å². The summed E-state index contributed by atoms with van der Waals surface area (Å²) >= 11 is 4.24. The molecule has 0 saturated heterocycles. The molecule has 0 fully saturated rings. The zero-order valence-corrected chi connectivity index (χ0v) is 33.7. The molecule has 2 nitrogen and oxygen atoms in total. The molecule has 0 saturated carbocycles. The third kappa shape index (κ3) is 59.9. The van der Waals surface area contributed by atoms with Crippen LogP contribution in [-0.2, 0) is 0 Å². The van der Waals surface area contributed by atoms with Crippen molar-refractivity contribution in [1.29, 1.82) is 0 Å². The highest BCUT2D eigenvalue weighted by Crippen LogP contribution is 2.02. The maximum atomic E-state index is 4.17. The molecular formula is C42H62I2N2.